The van der Waals surface area contributed by atoms with Gasteiger partial charge in [-0.15, -0.1) is 0 Å². The first-order valence-corrected chi connectivity index (χ1v) is 6.29. The third kappa shape index (κ3) is 2.98. The molecule has 1 saturated heterocycles. The van der Waals surface area contributed by atoms with Crippen LogP contribution >= 0.6 is 11.6 Å². The van der Waals surface area contributed by atoms with E-state index in [2.05, 4.69) is 17.3 Å². The van der Waals surface area contributed by atoms with E-state index in [0.717, 1.165) is 31.6 Å². The predicted molar refractivity (Wildman–Crippen MR) is 70.8 cm³/mol. The average molecular weight is 270 g/mol. The zero-order valence-corrected chi connectivity index (χ0v) is 11.0. The van der Waals surface area contributed by atoms with E-state index < -0.39 is 4.92 Å². The third-order valence-electron chi connectivity index (χ3n) is 3.30. The molecule has 1 aromatic rings. The fourth-order valence-corrected chi connectivity index (χ4v) is 2.50. The Morgan fingerprint density at radius 1 is 1.61 bits per heavy atom. The number of nitrogens with one attached hydrogen (secondary N) is 1. The van der Waals surface area contributed by atoms with E-state index in [1.165, 1.54) is 6.07 Å². The number of hydrogen-bond acceptors (Lipinski definition) is 4. The molecule has 1 heterocycles. The summed E-state index contributed by atoms with van der Waals surface area (Å²) in [5.41, 5.74) is 0.964. The molecule has 0 radical (unpaired) electrons. The van der Waals surface area contributed by atoms with Gasteiger partial charge in [0.1, 0.15) is 5.02 Å². The van der Waals surface area contributed by atoms with Gasteiger partial charge in [0.15, 0.2) is 0 Å². The molecule has 2 rings (SSSR count). The second-order valence-corrected chi connectivity index (χ2v) is 5.01. The van der Waals surface area contributed by atoms with Crippen molar-refractivity contribution in [3.63, 3.8) is 0 Å². The summed E-state index contributed by atoms with van der Waals surface area (Å²) in [6, 6.07) is 5.44. The van der Waals surface area contributed by atoms with Crippen molar-refractivity contribution >= 4 is 17.3 Å². The highest BCUT2D eigenvalue weighted by Gasteiger charge is 2.20. The minimum atomic E-state index is -0.462. The molecule has 0 spiro atoms. The molecule has 1 aliphatic rings. The number of nitro benzene ring substituents is 1. The van der Waals surface area contributed by atoms with Crippen molar-refractivity contribution in [2.24, 2.45) is 0 Å². The van der Waals surface area contributed by atoms with Gasteiger partial charge in [-0.3, -0.25) is 15.0 Å². The van der Waals surface area contributed by atoms with Crippen LogP contribution in [0.4, 0.5) is 5.69 Å². The molecule has 0 aliphatic carbocycles. The summed E-state index contributed by atoms with van der Waals surface area (Å²) in [6.45, 7) is 2.80. The van der Waals surface area contributed by atoms with Gasteiger partial charge in [-0.2, -0.15) is 0 Å². The lowest BCUT2D eigenvalue weighted by Crippen LogP contribution is -2.32. The lowest BCUT2D eigenvalue weighted by Gasteiger charge is -2.23. The molecule has 0 aromatic heterocycles. The van der Waals surface area contributed by atoms with Crippen LogP contribution in [0.2, 0.25) is 5.02 Å². The summed E-state index contributed by atoms with van der Waals surface area (Å²) in [6.07, 6.45) is 1.14. The minimum absolute atomic E-state index is 0.0365. The summed E-state index contributed by atoms with van der Waals surface area (Å²) in [5, 5.41) is 14.2. The van der Waals surface area contributed by atoms with Crippen molar-refractivity contribution in [1.29, 1.82) is 0 Å². The van der Waals surface area contributed by atoms with Gasteiger partial charge >= 0.3 is 0 Å². The largest absolute Gasteiger partial charge is 0.315 e. The molecule has 1 aromatic carbocycles. The van der Waals surface area contributed by atoms with Crippen LogP contribution in [0.5, 0.6) is 0 Å². The first-order valence-electron chi connectivity index (χ1n) is 5.91. The quantitative estimate of drug-likeness (QED) is 0.671. The van der Waals surface area contributed by atoms with Gasteiger partial charge < -0.3 is 5.32 Å². The molecular weight excluding hydrogens is 254 g/mol. The second kappa shape index (κ2) is 5.65. The first-order chi connectivity index (χ1) is 8.58. The Bertz CT molecular complexity index is 447. The summed E-state index contributed by atoms with van der Waals surface area (Å²) in [4.78, 5) is 12.5. The highest BCUT2D eigenvalue weighted by molar-refractivity contribution is 6.32. The average Bonchev–Trinajstić information content (AvgIpc) is 2.81. The molecule has 0 amide bonds. The number of likely N-dealkylation sites (N-methyl/N-ethyl adjacent to an activating group) is 1. The zero-order valence-electron chi connectivity index (χ0n) is 10.2. The molecule has 5 nitrogen and oxygen atoms in total. The fraction of sp³-hybridized carbons (Fsp3) is 0.500. The summed E-state index contributed by atoms with van der Waals surface area (Å²) >= 11 is 5.89. The van der Waals surface area contributed by atoms with Crippen molar-refractivity contribution in [2.45, 2.75) is 19.0 Å². The van der Waals surface area contributed by atoms with Crippen LogP contribution in [-0.4, -0.2) is 36.0 Å². The second-order valence-electron chi connectivity index (χ2n) is 4.60. The van der Waals surface area contributed by atoms with Crippen molar-refractivity contribution in [2.75, 3.05) is 20.1 Å². The molecular formula is C12H16ClN3O2. The normalized spacial score (nSPS) is 19.4. The molecule has 1 fully saturated rings. The number of halogens is 1. The Kier molecular flexibility index (Phi) is 4.16. The molecule has 0 saturated carbocycles. The van der Waals surface area contributed by atoms with E-state index in [1.54, 1.807) is 12.1 Å². The third-order valence-corrected chi connectivity index (χ3v) is 3.60. The van der Waals surface area contributed by atoms with Crippen LogP contribution in [0.1, 0.15) is 12.0 Å². The van der Waals surface area contributed by atoms with Crippen LogP contribution in [-0.2, 0) is 6.54 Å². The van der Waals surface area contributed by atoms with Crippen molar-refractivity contribution in [3.05, 3.63) is 38.9 Å². The van der Waals surface area contributed by atoms with Crippen LogP contribution in [0.3, 0.4) is 0 Å². The van der Waals surface area contributed by atoms with Crippen molar-refractivity contribution in [3.8, 4) is 0 Å². The zero-order chi connectivity index (χ0) is 13.1. The topological polar surface area (TPSA) is 58.4 Å². The van der Waals surface area contributed by atoms with Crippen molar-refractivity contribution < 1.29 is 4.92 Å². The maximum absolute atomic E-state index is 10.7. The van der Waals surface area contributed by atoms with E-state index in [1.807, 2.05) is 0 Å². The van der Waals surface area contributed by atoms with Crippen molar-refractivity contribution in [1.82, 2.24) is 10.2 Å². The maximum Gasteiger partial charge on any atom is 0.287 e. The molecule has 1 N–H and O–H groups in total. The Morgan fingerprint density at radius 2 is 2.39 bits per heavy atom. The predicted octanol–water partition coefficient (Wildman–Crippen LogP) is 2.04. The molecule has 1 atom stereocenters. The molecule has 6 heteroatoms. The van der Waals surface area contributed by atoms with Crippen LogP contribution in [0.15, 0.2) is 18.2 Å². The lowest BCUT2D eigenvalue weighted by atomic mass is 10.1. The molecule has 0 bridgehead atoms. The Labute approximate surface area is 111 Å². The minimum Gasteiger partial charge on any atom is -0.315 e. The number of benzene rings is 1. The highest BCUT2D eigenvalue weighted by atomic mass is 35.5. The Hall–Kier alpha value is -1.17. The molecule has 1 unspecified atom stereocenters. The number of hydrogen-bond donors (Lipinski definition) is 1. The van der Waals surface area contributed by atoms with Crippen LogP contribution in [0.25, 0.3) is 0 Å². The first kappa shape index (κ1) is 13.3. The van der Waals surface area contributed by atoms with Gasteiger partial charge in [0.05, 0.1) is 4.92 Å². The molecule has 98 valence electrons. The van der Waals surface area contributed by atoms with Gasteiger partial charge in [0.25, 0.3) is 5.69 Å². The lowest BCUT2D eigenvalue weighted by molar-refractivity contribution is -0.384. The van der Waals surface area contributed by atoms with Gasteiger partial charge in [-0.25, -0.2) is 0 Å². The molecule has 18 heavy (non-hydrogen) atoms. The van der Waals surface area contributed by atoms with E-state index in [-0.39, 0.29) is 10.7 Å². The summed E-state index contributed by atoms with van der Waals surface area (Å²) in [5.74, 6) is 0. The fourth-order valence-electron chi connectivity index (χ4n) is 2.23. The van der Waals surface area contributed by atoms with E-state index in [0.29, 0.717) is 6.04 Å². The Balaban J connectivity index is 2.05. The number of nitro groups is 1. The van der Waals surface area contributed by atoms with Gasteiger partial charge in [-0.05, 0) is 31.6 Å². The standard InChI is InChI=1S/C12H16ClN3O2/c1-15(10-4-5-14-7-10)8-9-2-3-12(16(17)18)11(13)6-9/h2-3,6,10,14H,4-5,7-8H2,1H3. The highest BCUT2D eigenvalue weighted by Crippen LogP contribution is 2.25. The summed E-state index contributed by atoms with van der Waals surface area (Å²) < 4.78 is 0. The smallest absolute Gasteiger partial charge is 0.287 e. The van der Waals surface area contributed by atoms with Gasteiger partial charge in [0.2, 0.25) is 0 Å². The Morgan fingerprint density at radius 3 is 2.94 bits per heavy atom. The van der Waals surface area contributed by atoms with Gasteiger partial charge in [-0.1, -0.05) is 17.7 Å². The van der Waals surface area contributed by atoms with E-state index in [4.69, 9.17) is 11.6 Å². The SMILES string of the molecule is CN(Cc1ccc([N+](=O)[O-])c(Cl)c1)C1CCNC1. The van der Waals surface area contributed by atoms with E-state index in [9.17, 15) is 10.1 Å². The number of nitrogens with zero attached hydrogens (tertiary/aromatic N) is 2. The molecule has 1 aliphatic heterocycles. The van der Waals surface area contributed by atoms with E-state index >= 15 is 0 Å². The van der Waals surface area contributed by atoms with Gasteiger partial charge in [0, 0.05) is 25.2 Å². The monoisotopic (exact) mass is 269 g/mol. The maximum atomic E-state index is 10.7. The summed E-state index contributed by atoms with van der Waals surface area (Å²) in [7, 11) is 2.06. The van der Waals surface area contributed by atoms with Crippen LogP contribution in [0, 0.1) is 10.1 Å². The number of rotatable bonds is 4. The van der Waals surface area contributed by atoms with Crippen LogP contribution < -0.4 is 5.32 Å².